The van der Waals surface area contributed by atoms with Crippen molar-refractivity contribution in [3.63, 3.8) is 0 Å². The molecule has 1 atom stereocenters. The highest BCUT2D eigenvalue weighted by Gasteiger charge is 2.24. The largest absolute Gasteiger partial charge is 0.337 e. The van der Waals surface area contributed by atoms with Gasteiger partial charge in [-0.2, -0.15) is 0 Å². The van der Waals surface area contributed by atoms with E-state index in [4.69, 9.17) is 11.6 Å². The van der Waals surface area contributed by atoms with Gasteiger partial charge in [-0.15, -0.1) is 0 Å². The van der Waals surface area contributed by atoms with Gasteiger partial charge in [-0.05, 0) is 30.2 Å². The van der Waals surface area contributed by atoms with Gasteiger partial charge in [0.05, 0.1) is 6.04 Å². The quantitative estimate of drug-likeness (QED) is 0.911. The summed E-state index contributed by atoms with van der Waals surface area (Å²) in [5.41, 5.74) is 1.07. The molecule has 2 aromatic rings. The summed E-state index contributed by atoms with van der Waals surface area (Å²) in [5.74, 6) is 0.718. The van der Waals surface area contributed by atoms with Gasteiger partial charge in [0.2, 0.25) is 5.95 Å². The molecule has 0 bridgehead atoms. The lowest BCUT2D eigenvalue weighted by atomic mass is 10.1. The molecule has 1 saturated heterocycles. The minimum Gasteiger partial charge on any atom is -0.337 e. The Kier molecular flexibility index (Phi) is 5.71. The highest BCUT2D eigenvalue weighted by molar-refractivity contribution is 6.30. The minimum atomic E-state index is -0.0320. The van der Waals surface area contributed by atoms with Crippen molar-refractivity contribution in [1.29, 1.82) is 0 Å². The number of halogens is 1. The summed E-state index contributed by atoms with van der Waals surface area (Å²) in [6, 6.07) is 9.38. The van der Waals surface area contributed by atoms with Crippen molar-refractivity contribution in [3.05, 3.63) is 53.3 Å². The SMILES string of the molecule is CC[C@@H](NC(=O)N1CCN(c2ncccn2)CC1)c1ccc(Cl)cc1. The van der Waals surface area contributed by atoms with E-state index in [1.165, 1.54) is 0 Å². The van der Waals surface area contributed by atoms with E-state index in [2.05, 4.69) is 27.1 Å². The average molecular weight is 360 g/mol. The number of nitrogens with zero attached hydrogens (tertiary/aromatic N) is 4. The van der Waals surface area contributed by atoms with E-state index < -0.39 is 0 Å². The number of anilines is 1. The fourth-order valence-corrected chi connectivity index (χ4v) is 3.05. The molecular formula is C18H22ClN5O. The maximum Gasteiger partial charge on any atom is 0.318 e. The highest BCUT2D eigenvalue weighted by Crippen LogP contribution is 2.20. The minimum absolute atomic E-state index is 0.0137. The number of aromatic nitrogens is 2. The molecule has 1 fully saturated rings. The third-order valence-corrected chi connectivity index (χ3v) is 4.63. The van der Waals surface area contributed by atoms with Gasteiger partial charge in [-0.25, -0.2) is 14.8 Å². The van der Waals surface area contributed by atoms with E-state index in [9.17, 15) is 4.79 Å². The summed E-state index contributed by atoms with van der Waals surface area (Å²) in [4.78, 5) is 25.1. The van der Waals surface area contributed by atoms with Gasteiger partial charge in [-0.1, -0.05) is 30.7 Å². The maximum atomic E-state index is 12.6. The molecule has 1 aliphatic rings. The molecule has 0 saturated carbocycles. The van der Waals surface area contributed by atoms with E-state index >= 15 is 0 Å². The molecule has 2 heterocycles. The summed E-state index contributed by atoms with van der Waals surface area (Å²) in [5, 5.41) is 3.82. The lowest BCUT2D eigenvalue weighted by molar-refractivity contribution is 0.189. The smallest absolute Gasteiger partial charge is 0.318 e. The lowest BCUT2D eigenvalue weighted by Crippen LogP contribution is -2.52. The Hall–Kier alpha value is -2.34. The summed E-state index contributed by atoms with van der Waals surface area (Å²) in [6.07, 6.45) is 4.30. The fraction of sp³-hybridized carbons (Fsp3) is 0.389. The monoisotopic (exact) mass is 359 g/mol. The molecule has 1 aromatic heterocycles. The van der Waals surface area contributed by atoms with Crippen molar-refractivity contribution in [2.75, 3.05) is 31.1 Å². The number of hydrogen-bond donors (Lipinski definition) is 1. The van der Waals surface area contributed by atoms with E-state index in [0.717, 1.165) is 31.0 Å². The van der Waals surface area contributed by atoms with Crippen LogP contribution in [0.2, 0.25) is 5.02 Å². The molecule has 25 heavy (non-hydrogen) atoms. The Morgan fingerprint density at radius 3 is 2.40 bits per heavy atom. The molecule has 7 heteroatoms. The first kappa shape index (κ1) is 17.5. The maximum absolute atomic E-state index is 12.6. The van der Waals surface area contributed by atoms with E-state index in [-0.39, 0.29) is 12.1 Å². The van der Waals surface area contributed by atoms with Crippen LogP contribution >= 0.6 is 11.6 Å². The molecule has 1 aromatic carbocycles. The molecule has 3 rings (SSSR count). The van der Waals surface area contributed by atoms with Crippen molar-refractivity contribution in [2.24, 2.45) is 0 Å². The third kappa shape index (κ3) is 4.39. The lowest BCUT2D eigenvalue weighted by Gasteiger charge is -2.35. The van der Waals surface area contributed by atoms with Crippen LogP contribution in [0.25, 0.3) is 0 Å². The number of rotatable bonds is 4. The van der Waals surface area contributed by atoms with Gasteiger partial charge in [0.15, 0.2) is 0 Å². The van der Waals surface area contributed by atoms with Crippen LogP contribution in [0.4, 0.5) is 10.7 Å². The number of amides is 2. The highest BCUT2D eigenvalue weighted by atomic mass is 35.5. The van der Waals surface area contributed by atoms with Gasteiger partial charge in [0.1, 0.15) is 0 Å². The summed E-state index contributed by atoms with van der Waals surface area (Å²) < 4.78 is 0. The molecule has 6 nitrogen and oxygen atoms in total. The van der Waals surface area contributed by atoms with Crippen LogP contribution in [0.1, 0.15) is 24.9 Å². The van der Waals surface area contributed by atoms with Crippen LogP contribution in [0.5, 0.6) is 0 Å². The molecule has 2 amide bonds. The van der Waals surface area contributed by atoms with E-state index in [0.29, 0.717) is 18.1 Å². The van der Waals surface area contributed by atoms with Crippen LogP contribution in [0.15, 0.2) is 42.7 Å². The molecule has 0 aliphatic carbocycles. The van der Waals surface area contributed by atoms with Crippen molar-refractivity contribution in [2.45, 2.75) is 19.4 Å². The van der Waals surface area contributed by atoms with E-state index in [1.807, 2.05) is 29.2 Å². The topological polar surface area (TPSA) is 61.4 Å². The standard InChI is InChI=1S/C18H22ClN5O/c1-2-16(14-4-6-15(19)7-5-14)22-18(25)24-12-10-23(11-13-24)17-20-8-3-9-21-17/h3-9,16H,2,10-13H2,1H3,(H,22,25)/t16-/m1/s1. The summed E-state index contributed by atoms with van der Waals surface area (Å²) >= 11 is 5.94. The first-order chi connectivity index (χ1) is 12.2. The Morgan fingerprint density at radius 2 is 1.80 bits per heavy atom. The summed E-state index contributed by atoms with van der Waals surface area (Å²) in [6.45, 7) is 4.83. The molecule has 0 spiro atoms. The number of nitrogens with one attached hydrogen (secondary N) is 1. The predicted octanol–water partition coefficient (Wildman–Crippen LogP) is 3.11. The predicted molar refractivity (Wildman–Crippen MR) is 98.8 cm³/mol. The Morgan fingerprint density at radius 1 is 1.16 bits per heavy atom. The average Bonchev–Trinajstić information content (AvgIpc) is 2.67. The van der Waals surface area contributed by atoms with Crippen molar-refractivity contribution in [1.82, 2.24) is 20.2 Å². The molecule has 1 aliphatic heterocycles. The number of carbonyl (C=O) groups is 1. The zero-order valence-electron chi connectivity index (χ0n) is 14.2. The van der Waals surface area contributed by atoms with Crippen molar-refractivity contribution < 1.29 is 4.79 Å². The van der Waals surface area contributed by atoms with Crippen molar-refractivity contribution in [3.8, 4) is 0 Å². The Bertz CT molecular complexity index is 686. The molecule has 0 radical (unpaired) electrons. The summed E-state index contributed by atoms with van der Waals surface area (Å²) in [7, 11) is 0. The van der Waals surface area contributed by atoms with Crippen LogP contribution in [-0.2, 0) is 0 Å². The second-order valence-electron chi connectivity index (χ2n) is 5.98. The fourth-order valence-electron chi connectivity index (χ4n) is 2.92. The van der Waals surface area contributed by atoms with Gasteiger partial charge in [0.25, 0.3) is 0 Å². The van der Waals surface area contributed by atoms with Crippen LogP contribution < -0.4 is 10.2 Å². The molecule has 0 unspecified atom stereocenters. The second-order valence-corrected chi connectivity index (χ2v) is 6.42. The molecular weight excluding hydrogens is 338 g/mol. The zero-order chi connectivity index (χ0) is 17.6. The number of urea groups is 1. The first-order valence-electron chi connectivity index (χ1n) is 8.50. The Labute approximate surface area is 152 Å². The van der Waals surface area contributed by atoms with Crippen LogP contribution in [-0.4, -0.2) is 47.1 Å². The third-order valence-electron chi connectivity index (χ3n) is 4.38. The Balaban J connectivity index is 1.56. The normalized spacial score (nSPS) is 15.8. The van der Waals surface area contributed by atoms with Crippen molar-refractivity contribution >= 4 is 23.6 Å². The number of piperazine rings is 1. The molecule has 132 valence electrons. The van der Waals surface area contributed by atoms with Gasteiger partial charge in [-0.3, -0.25) is 0 Å². The zero-order valence-corrected chi connectivity index (χ0v) is 15.0. The molecule has 1 N–H and O–H groups in total. The van der Waals surface area contributed by atoms with Crippen LogP contribution in [0, 0.1) is 0 Å². The first-order valence-corrected chi connectivity index (χ1v) is 8.88. The number of hydrogen-bond acceptors (Lipinski definition) is 4. The van der Waals surface area contributed by atoms with Gasteiger partial charge >= 0.3 is 6.03 Å². The van der Waals surface area contributed by atoms with E-state index in [1.54, 1.807) is 18.5 Å². The van der Waals surface area contributed by atoms with Crippen LogP contribution in [0.3, 0.4) is 0 Å². The second kappa shape index (κ2) is 8.16. The number of carbonyl (C=O) groups excluding carboxylic acids is 1. The van der Waals surface area contributed by atoms with Gasteiger partial charge in [0, 0.05) is 43.6 Å². The number of benzene rings is 1. The van der Waals surface area contributed by atoms with Gasteiger partial charge < -0.3 is 15.1 Å².